The molecule has 0 aromatic rings. The molecule has 0 bridgehead atoms. The van der Waals surface area contributed by atoms with Crippen LogP contribution in [0.1, 0.15) is 0 Å². The fourth-order valence-electron chi connectivity index (χ4n) is 0.671. The van der Waals surface area contributed by atoms with Crippen LogP contribution in [-0.2, 0) is 27.4 Å². The SMILES string of the molecule is CNCCN(C)C.CNCCN(C)C.[Cl-].[Cl-].[Ni+2].[OH3+].[OH3+]. The number of nitrogens with one attached hydrogen (secondary N) is 2. The van der Waals surface area contributed by atoms with Gasteiger partial charge in [-0.25, -0.2) is 0 Å². The molecule has 0 aromatic carbocycles. The summed E-state index contributed by atoms with van der Waals surface area (Å²) in [5, 5.41) is 6.11. The molecule has 0 aliphatic rings. The molecular formula is C10H34Cl2N4NiO2+2. The van der Waals surface area contributed by atoms with Crippen LogP contribution in [-0.4, -0.2) is 78.3 Å². The molecule has 0 saturated heterocycles. The zero-order valence-electron chi connectivity index (χ0n) is 12.9. The van der Waals surface area contributed by atoms with E-state index in [0.717, 1.165) is 26.2 Å². The number of hydrogen-bond acceptors (Lipinski definition) is 4. The van der Waals surface area contributed by atoms with Gasteiger partial charge in [-0.1, -0.05) is 0 Å². The standard InChI is InChI=1S/2C5H14N2.2ClH.Ni.2H2O/c2*1-6-4-5-7(2)3;;;;;/h2*6H,4-5H2,1-3H3;2*1H;;2*1H2/q;;;;+2;;. The Kier molecular flexibility index (Phi) is 81.8. The van der Waals surface area contributed by atoms with Crippen LogP contribution in [0.4, 0.5) is 0 Å². The summed E-state index contributed by atoms with van der Waals surface area (Å²) in [5.74, 6) is 0. The third kappa shape index (κ3) is 68.4. The molecule has 19 heavy (non-hydrogen) atoms. The molecule has 0 rings (SSSR count). The molecule has 8 N–H and O–H groups in total. The first-order chi connectivity index (χ1) is 6.54. The van der Waals surface area contributed by atoms with Gasteiger partial charge in [0.1, 0.15) is 0 Å². The Labute approximate surface area is 141 Å². The molecule has 0 aliphatic heterocycles. The van der Waals surface area contributed by atoms with E-state index in [2.05, 4.69) is 48.6 Å². The Balaban J connectivity index is -0.0000000240. The maximum Gasteiger partial charge on any atom is 2.00 e. The number of likely N-dealkylation sites (N-methyl/N-ethyl adjacent to an activating group) is 4. The van der Waals surface area contributed by atoms with Crippen LogP contribution in [0.15, 0.2) is 0 Å². The van der Waals surface area contributed by atoms with E-state index in [4.69, 9.17) is 0 Å². The monoisotopic (exact) mass is 370 g/mol. The van der Waals surface area contributed by atoms with Crippen LogP contribution in [0.3, 0.4) is 0 Å². The van der Waals surface area contributed by atoms with Crippen LogP contribution in [0.25, 0.3) is 0 Å². The molecule has 0 aromatic heterocycles. The molecule has 0 spiro atoms. The van der Waals surface area contributed by atoms with E-state index in [1.807, 2.05) is 14.1 Å². The van der Waals surface area contributed by atoms with Crippen LogP contribution in [0.2, 0.25) is 0 Å². The zero-order chi connectivity index (χ0) is 11.4. The van der Waals surface area contributed by atoms with Crippen molar-refractivity contribution < 1.29 is 52.3 Å². The predicted molar refractivity (Wildman–Crippen MR) is 74.7 cm³/mol. The van der Waals surface area contributed by atoms with Crippen molar-refractivity contribution in [2.75, 3.05) is 68.5 Å². The van der Waals surface area contributed by atoms with E-state index in [9.17, 15) is 0 Å². The van der Waals surface area contributed by atoms with Gasteiger partial charge >= 0.3 is 16.5 Å². The summed E-state index contributed by atoms with van der Waals surface area (Å²) in [7, 11) is 12.2. The number of nitrogens with zero attached hydrogens (tertiary/aromatic N) is 2. The second-order valence-corrected chi connectivity index (χ2v) is 3.81. The van der Waals surface area contributed by atoms with E-state index >= 15 is 0 Å². The van der Waals surface area contributed by atoms with Gasteiger partial charge in [0.2, 0.25) is 0 Å². The van der Waals surface area contributed by atoms with Gasteiger partial charge in [-0.15, -0.1) is 0 Å². The molecule has 0 amide bonds. The Hall–Kier alpha value is 0.834. The normalized spacial score (nSPS) is 7.58. The van der Waals surface area contributed by atoms with E-state index in [-0.39, 0.29) is 52.3 Å². The number of rotatable bonds is 6. The topological polar surface area (TPSA) is 96.5 Å². The molecular weight excluding hydrogens is 338 g/mol. The van der Waals surface area contributed by atoms with Gasteiger partial charge in [-0.05, 0) is 42.3 Å². The molecule has 6 nitrogen and oxygen atoms in total. The predicted octanol–water partition coefficient (Wildman–Crippen LogP) is -8.30. The summed E-state index contributed by atoms with van der Waals surface area (Å²) in [6, 6.07) is 0. The molecule has 128 valence electrons. The second-order valence-electron chi connectivity index (χ2n) is 3.81. The molecule has 0 radical (unpaired) electrons. The molecule has 0 saturated carbocycles. The van der Waals surface area contributed by atoms with E-state index in [0.29, 0.717) is 0 Å². The van der Waals surface area contributed by atoms with Crippen molar-refractivity contribution in [1.29, 1.82) is 0 Å². The molecule has 0 atom stereocenters. The van der Waals surface area contributed by atoms with Gasteiger partial charge in [-0.2, -0.15) is 0 Å². The van der Waals surface area contributed by atoms with E-state index < -0.39 is 0 Å². The summed E-state index contributed by atoms with van der Waals surface area (Å²) < 4.78 is 0. The molecule has 0 heterocycles. The van der Waals surface area contributed by atoms with Gasteiger partial charge < -0.3 is 56.2 Å². The Morgan fingerprint density at radius 2 is 0.895 bits per heavy atom. The molecule has 0 unspecified atom stereocenters. The van der Waals surface area contributed by atoms with Crippen molar-refractivity contribution in [1.82, 2.24) is 20.4 Å². The van der Waals surface area contributed by atoms with Gasteiger partial charge in [-0.3, -0.25) is 0 Å². The maximum atomic E-state index is 3.06. The van der Waals surface area contributed by atoms with Gasteiger partial charge in [0.25, 0.3) is 0 Å². The Bertz CT molecular complexity index is 106. The maximum absolute atomic E-state index is 3.06. The molecule has 0 aliphatic carbocycles. The first kappa shape index (κ1) is 42.7. The van der Waals surface area contributed by atoms with Crippen LogP contribution >= 0.6 is 0 Å². The van der Waals surface area contributed by atoms with Crippen molar-refractivity contribution in [3.63, 3.8) is 0 Å². The van der Waals surface area contributed by atoms with Crippen LogP contribution in [0.5, 0.6) is 0 Å². The van der Waals surface area contributed by atoms with Crippen LogP contribution in [0, 0.1) is 0 Å². The summed E-state index contributed by atoms with van der Waals surface area (Å²) in [6.07, 6.45) is 0. The first-order valence-corrected chi connectivity index (χ1v) is 5.13. The second kappa shape index (κ2) is 36.4. The van der Waals surface area contributed by atoms with Crippen molar-refractivity contribution in [3.05, 3.63) is 0 Å². The summed E-state index contributed by atoms with van der Waals surface area (Å²) in [6.45, 7) is 4.40. The largest absolute Gasteiger partial charge is 2.00 e. The number of halogens is 2. The summed E-state index contributed by atoms with van der Waals surface area (Å²) in [5.41, 5.74) is 0. The van der Waals surface area contributed by atoms with Crippen molar-refractivity contribution >= 4 is 0 Å². The molecule has 9 heteroatoms. The van der Waals surface area contributed by atoms with Crippen LogP contribution < -0.4 is 35.4 Å². The summed E-state index contributed by atoms with van der Waals surface area (Å²) >= 11 is 0. The quantitative estimate of drug-likeness (QED) is 0.358. The average Bonchev–Trinajstić information content (AvgIpc) is 2.12. The third-order valence-electron chi connectivity index (χ3n) is 1.62. The average molecular weight is 372 g/mol. The third-order valence-corrected chi connectivity index (χ3v) is 1.62. The minimum absolute atomic E-state index is 0. The van der Waals surface area contributed by atoms with Gasteiger partial charge in [0.05, 0.1) is 0 Å². The summed E-state index contributed by atoms with van der Waals surface area (Å²) in [4.78, 5) is 4.30. The van der Waals surface area contributed by atoms with Crippen molar-refractivity contribution in [2.24, 2.45) is 0 Å². The fourth-order valence-corrected chi connectivity index (χ4v) is 0.671. The minimum Gasteiger partial charge on any atom is -1.00 e. The van der Waals surface area contributed by atoms with E-state index in [1.165, 1.54) is 0 Å². The van der Waals surface area contributed by atoms with Crippen molar-refractivity contribution in [2.45, 2.75) is 0 Å². The molecule has 0 fully saturated rings. The van der Waals surface area contributed by atoms with E-state index in [1.54, 1.807) is 0 Å². The zero-order valence-corrected chi connectivity index (χ0v) is 15.4. The fraction of sp³-hybridized carbons (Fsp3) is 1.00. The van der Waals surface area contributed by atoms with Gasteiger partial charge in [0, 0.05) is 26.2 Å². The number of hydrogen-bond donors (Lipinski definition) is 2. The first-order valence-electron chi connectivity index (χ1n) is 5.13. The minimum atomic E-state index is 0. The van der Waals surface area contributed by atoms with Crippen molar-refractivity contribution in [3.8, 4) is 0 Å². The smallest absolute Gasteiger partial charge is 1.00 e. The Morgan fingerprint density at radius 1 is 0.684 bits per heavy atom. The van der Waals surface area contributed by atoms with Gasteiger partial charge in [0.15, 0.2) is 0 Å². The Morgan fingerprint density at radius 3 is 0.947 bits per heavy atom.